The fraction of sp³-hybridized carbons (Fsp3) is 0.538. The number of sulfonamides is 1. The molecule has 1 rings (SSSR count). The van der Waals surface area contributed by atoms with Gasteiger partial charge in [0.15, 0.2) is 4.90 Å². The van der Waals surface area contributed by atoms with Gasteiger partial charge in [0.2, 0.25) is 10.0 Å². The van der Waals surface area contributed by atoms with E-state index < -0.39 is 26.2 Å². The van der Waals surface area contributed by atoms with Gasteiger partial charge in [-0.15, -0.1) is 0 Å². The average molecular weight is 315 g/mol. The highest BCUT2D eigenvalue weighted by atomic mass is 32.2. The minimum absolute atomic E-state index is 0.326. The molecule has 8 heteroatoms. The summed E-state index contributed by atoms with van der Waals surface area (Å²) in [4.78, 5) is 10.0. The predicted molar refractivity (Wildman–Crippen MR) is 82.0 cm³/mol. The standard InChI is InChI=1S/C13H21N3O4S/c1-5-13(3,4)15-21(19,20)12-9-10(14-6-2)7-8-11(12)16(17)18/h7-9,14-15H,5-6H2,1-4H3. The minimum Gasteiger partial charge on any atom is -0.385 e. The van der Waals surface area contributed by atoms with Gasteiger partial charge in [-0.05, 0) is 39.3 Å². The van der Waals surface area contributed by atoms with Crippen LogP contribution < -0.4 is 10.0 Å². The molecule has 0 aliphatic carbocycles. The first-order chi connectivity index (χ1) is 9.63. The fourth-order valence-electron chi connectivity index (χ4n) is 1.69. The molecule has 0 radical (unpaired) electrons. The zero-order valence-electron chi connectivity index (χ0n) is 12.6. The minimum atomic E-state index is -3.98. The van der Waals surface area contributed by atoms with Gasteiger partial charge in [-0.3, -0.25) is 10.1 Å². The van der Waals surface area contributed by atoms with E-state index in [9.17, 15) is 18.5 Å². The van der Waals surface area contributed by atoms with Crippen molar-refractivity contribution in [3.63, 3.8) is 0 Å². The van der Waals surface area contributed by atoms with Crippen LogP contribution in [0.3, 0.4) is 0 Å². The molecule has 0 fully saturated rings. The molecule has 0 amide bonds. The lowest BCUT2D eigenvalue weighted by Gasteiger charge is -2.24. The van der Waals surface area contributed by atoms with Crippen LogP contribution in [-0.4, -0.2) is 25.4 Å². The second-order valence-electron chi connectivity index (χ2n) is 5.31. The number of rotatable bonds is 7. The highest BCUT2D eigenvalue weighted by Crippen LogP contribution is 2.28. The summed E-state index contributed by atoms with van der Waals surface area (Å²) >= 11 is 0. The first-order valence-corrected chi connectivity index (χ1v) is 8.17. The zero-order chi connectivity index (χ0) is 16.3. The van der Waals surface area contributed by atoms with Gasteiger partial charge in [-0.2, -0.15) is 0 Å². The predicted octanol–water partition coefficient (Wildman–Crippen LogP) is 2.49. The summed E-state index contributed by atoms with van der Waals surface area (Å²) in [5, 5.41) is 14.0. The summed E-state index contributed by atoms with van der Waals surface area (Å²) in [6, 6.07) is 3.98. The molecule has 1 aromatic rings. The van der Waals surface area contributed by atoms with Crippen LogP contribution in [0.5, 0.6) is 0 Å². The molecular formula is C13H21N3O4S. The van der Waals surface area contributed by atoms with Gasteiger partial charge in [0.1, 0.15) is 0 Å². The van der Waals surface area contributed by atoms with Gasteiger partial charge < -0.3 is 5.32 Å². The van der Waals surface area contributed by atoms with Crippen molar-refractivity contribution in [2.75, 3.05) is 11.9 Å². The van der Waals surface area contributed by atoms with Gasteiger partial charge >= 0.3 is 0 Å². The third kappa shape index (κ3) is 4.40. The van der Waals surface area contributed by atoms with E-state index in [0.717, 1.165) is 0 Å². The van der Waals surface area contributed by atoms with Crippen molar-refractivity contribution in [1.82, 2.24) is 4.72 Å². The quantitative estimate of drug-likeness (QED) is 0.594. The Morgan fingerprint density at radius 2 is 1.90 bits per heavy atom. The Balaban J connectivity index is 3.37. The molecular weight excluding hydrogens is 294 g/mol. The van der Waals surface area contributed by atoms with Gasteiger partial charge in [-0.1, -0.05) is 6.92 Å². The lowest BCUT2D eigenvalue weighted by atomic mass is 10.0. The Kier molecular flexibility index (Phi) is 5.30. The van der Waals surface area contributed by atoms with E-state index in [0.29, 0.717) is 18.7 Å². The number of anilines is 1. The lowest BCUT2D eigenvalue weighted by Crippen LogP contribution is -2.42. The van der Waals surface area contributed by atoms with Crippen LogP contribution in [0.15, 0.2) is 23.1 Å². The first-order valence-electron chi connectivity index (χ1n) is 6.69. The number of nitro groups is 1. The molecule has 0 saturated heterocycles. The summed E-state index contributed by atoms with van der Waals surface area (Å²) in [6.07, 6.45) is 0.562. The van der Waals surface area contributed by atoms with Crippen molar-refractivity contribution in [2.45, 2.75) is 44.6 Å². The molecule has 0 unspecified atom stereocenters. The summed E-state index contributed by atoms with van der Waals surface area (Å²) in [6.45, 7) is 7.74. The third-order valence-electron chi connectivity index (χ3n) is 3.12. The number of nitrogens with zero attached hydrogens (tertiary/aromatic N) is 1. The molecule has 1 aromatic carbocycles. The second kappa shape index (κ2) is 6.40. The van der Waals surface area contributed by atoms with Crippen molar-refractivity contribution in [1.29, 1.82) is 0 Å². The number of benzene rings is 1. The number of hydrogen-bond donors (Lipinski definition) is 2. The molecule has 7 nitrogen and oxygen atoms in total. The number of nitrogens with one attached hydrogen (secondary N) is 2. The molecule has 118 valence electrons. The van der Waals surface area contributed by atoms with Crippen molar-refractivity contribution in [3.8, 4) is 0 Å². The Labute approximate surface area is 124 Å². The molecule has 21 heavy (non-hydrogen) atoms. The topological polar surface area (TPSA) is 101 Å². The maximum absolute atomic E-state index is 12.4. The largest absolute Gasteiger partial charge is 0.385 e. The van der Waals surface area contributed by atoms with E-state index in [1.165, 1.54) is 18.2 Å². The summed E-state index contributed by atoms with van der Waals surface area (Å²) in [5.41, 5.74) is -0.588. The fourth-order valence-corrected chi connectivity index (χ4v) is 3.37. The molecule has 0 saturated carbocycles. The Morgan fingerprint density at radius 1 is 1.29 bits per heavy atom. The summed E-state index contributed by atoms with van der Waals surface area (Å²) in [5.74, 6) is 0. The van der Waals surface area contributed by atoms with Crippen LogP contribution in [0.25, 0.3) is 0 Å². The van der Waals surface area contributed by atoms with Gasteiger partial charge in [0.05, 0.1) is 4.92 Å². The van der Waals surface area contributed by atoms with Crippen molar-refractivity contribution >= 4 is 21.4 Å². The highest BCUT2D eigenvalue weighted by molar-refractivity contribution is 7.89. The SMILES string of the molecule is CCNc1ccc([N+](=O)[O-])c(S(=O)(=O)NC(C)(C)CC)c1. The van der Waals surface area contributed by atoms with Gasteiger partial charge in [0.25, 0.3) is 5.69 Å². The molecule has 2 N–H and O–H groups in total. The van der Waals surface area contributed by atoms with Gasteiger partial charge in [-0.25, -0.2) is 13.1 Å². The molecule has 0 atom stereocenters. The first kappa shape index (κ1) is 17.4. The molecule has 0 heterocycles. The van der Waals surface area contributed by atoms with Crippen molar-refractivity contribution in [3.05, 3.63) is 28.3 Å². The smallest absolute Gasteiger partial charge is 0.289 e. The zero-order valence-corrected chi connectivity index (χ0v) is 13.5. The molecule has 0 aliphatic heterocycles. The Bertz CT molecular complexity index is 626. The van der Waals surface area contributed by atoms with Crippen LogP contribution in [-0.2, 0) is 10.0 Å². The number of hydrogen-bond acceptors (Lipinski definition) is 5. The summed E-state index contributed by atoms with van der Waals surface area (Å²) < 4.78 is 27.4. The van der Waals surface area contributed by atoms with Crippen molar-refractivity contribution in [2.24, 2.45) is 0 Å². The van der Waals surface area contributed by atoms with Crippen LogP contribution in [0.1, 0.15) is 34.1 Å². The van der Waals surface area contributed by atoms with Crippen LogP contribution in [0, 0.1) is 10.1 Å². The maximum atomic E-state index is 12.4. The summed E-state index contributed by atoms with van der Waals surface area (Å²) in [7, 11) is -3.98. The monoisotopic (exact) mass is 315 g/mol. The molecule has 0 aromatic heterocycles. The average Bonchev–Trinajstić information content (AvgIpc) is 2.37. The van der Waals surface area contributed by atoms with Crippen LogP contribution in [0.4, 0.5) is 11.4 Å². The maximum Gasteiger partial charge on any atom is 0.289 e. The van der Waals surface area contributed by atoms with Crippen LogP contribution in [0.2, 0.25) is 0 Å². The second-order valence-corrected chi connectivity index (χ2v) is 6.96. The molecule has 0 aliphatic rings. The van der Waals surface area contributed by atoms with E-state index in [1.807, 2.05) is 13.8 Å². The van der Waals surface area contributed by atoms with Crippen molar-refractivity contribution < 1.29 is 13.3 Å². The Hall–Kier alpha value is -1.67. The number of nitro benzene ring substituents is 1. The van der Waals surface area contributed by atoms with Gasteiger partial charge in [0, 0.05) is 23.8 Å². The van der Waals surface area contributed by atoms with E-state index in [4.69, 9.17) is 0 Å². The van der Waals surface area contributed by atoms with E-state index in [1.54, 1.807) is 13.8 Å². The third-order valence-corrected chi connectivity index (χ3v) is 4.85. The van der Waals surface area contributed by atoms with E-state index >= 15 is 0 Å². The van der Waals surface area contributed by atoms with E-state index in [2.05, 4.69) is 10.0 Å². The van der Waals surface area contributed by atoms with Crippen LogP contribution >= 0.6 is 0 Å². The highest BCUT2D eigenvalue weighted by Gasteiger charge is 2.30. The van der Waals surface area contributed by atoms with E-state index in [-0.39, 0.29) is 4.90 Å². The molecule has 0 spiro atoms. The Morgan fingerprint density at radius 3 is 2.38 bits per heavy atom. The molecule has 0 bridgehead atoms. The normalized spacial score (nSPS) is 12.2. The lowest BCUT2D eigenvalue weighted by molar-refractivity contribution is -0.387.